The Kier molecular flexibility index (Phi) is 8.13. The minimum atomic E-state index is -0.552. The Morgan fingerprint density at radius 3 is 2.74 bits per heavy atom. The van der Waals surface area contributed by atoms with Gasteiger partial charge in [-0.15, -0.1) is 0 Å². The van der Waals surface area contributed by atoms with E-state index in [1.165, 1.54) is 12.1 Å². The Bertz CT molecular complexity index is 391. The Morgan fingerprint density at radius 2 is 2.00 bits per heavy atom. The molecule has 0 saturated heterocycles. The maximum absolute atomic E-state index is 13.6. The van der Waals surface area contributed by atoms with E-state index in [0.29, 0.717) is 26.4 Å². The quantitative estimate of drug-likeness (QED) is 0.555. The first kappa shape index (κ1) is 16.5. The van der Waals surface area contributed by atoms with Crippen molar-refractivity contribution in [1.29, 1.82) is 0 Å². The van der Waals surface area contributed by atoms with E-state index < -0.39 is 11.6 Å². The van der Waals surface area contributed by atoms with Crippen LogP contribution in [0.15, 0.2) is 16.6 Å². The lowest BCUT2D eigenvalue weighted by Crippen LogP contribution is -2.18. The summed E-state index contributed by atoms with van der Waals surface area (Å²) in [5.41, 5.74) is 0.0506. The normalized spacial score (nSPS) is 10.9. The molecule has 0 unspecified atom stereocenters. The maximum Gasteiger partial charge on any atom is 0.144 e. The maximum atomic E-state index is 13.6. The zero-order valence-corrected chi connectivity index (χ0v) is 12.4. The predicted molar refractivity (Wildman–Crippen MR) is 73.1 cm³/mol. The number of halogens is 3. The highest BCUT2D eigenvalue weighted by atomic mass is 79.9. The van der Waals surface area contributed by atoms with Gasteiger partial charge in [-0.05, 0) is 41.0 Å². The lowest BCUT2D eigenvalue weighted by atomic mass is 10.2. The van der Waals surface area contributed by atoms with Crippen LogP contribution in [0.2, 0.25) is 0 Å². The van der Waals surface area contributed by atoms with E-state index in [9.17, 15) is 8.78 Å². The summed E-state index contributed by atoms with van der Waals surface area (Å²) in [6.45, 7) is 2.53. The van der Waals surface area contributed by atoms with E-state index in [1.54, 1.807) is 7.11 Å². The number of rotatable bonds is 9. The summed E-state index contributed by atoms with van der Waals surface area (Å²) in [6.07, 6.45) is 0.779. The molecule has 0 aliphatic rings. The molecule has 0 fully saturated rings. The molecule has 0 saturated carbocycles. The average Bonchev–Trinajstić information content (AvgIpc) is 2.40. The number of methoxy groups -OCH3 is 1. The highest BCUT2D eigenvalue weighted by Gasteiger charge is 2.11. The average molecular weight is 338 g/mol. The third-order valence-corrected chi connectivity index (χ3v) is 3.13. The molecule has 0 radical (unpaired) electrons. The first-order chi connectivity index (χ1) is 9.16. The van der Waals surface area contributed by atoms with Crippen LogP contribution >= 0.6 is 15.9 Å². The number of nitrogens with one attached hydrogen (secondary N) is 1. The molecule has 0 bridgehead atoms. The van der Waals surface area contributed by atoms with Gasteiger partial charge in [0.05, 0.1) is 17.7 Å². The molecule has 0 heterocycles. The SMILES string of the molecule is COCCOCCCNCc1c(F)ccc(Br)c1F. The standard InChI is InChI=1S/C13H18BrF2NO2/c1-18-7-8-19-6-2-5-17-9-10-12(15)4-3-11(14)13(10)16/h3-4,17H,2,5-9H2,1H3. The van der Waals surface area contributed by atoms with Crippen LogP contribution in [0.25, 0.3) is 0 Å². The molecular formula is C13H18BrF2NO2. The molecule has 108 valence electrons. The second-order valence-electron chi connectivity index (χ2n) is 3.96. The van der Waals surface area contributed by atoms with E-state index >= 15 is 0 Å². The van der Waals surface area contributed by atoms with Crippen molar-refractivity contribution in [3.63, 3.8) is 0 Å². The summed E-state index contributed by atoms with van der Waals surface area (Å²) < 4.78 is 37.4. The minimum absolute atomic E-state index is 0.0506. The van der Waals surface area contributed by atoms with Crippen molar-refractivity contribution in [2.45, 2.75) is 13.0 Å². The molecule has 3 nitrogen and oxygen atoms in total. The first-order valence-corrected chi connectivity index (χ1v) is 6.86. The molecular weight excluding hydrogens is 320 g/mol. The summed E-state index contributed by atoms with van der Waals surface area (Å²) in [4.78, 5) is 0. The Balaban J connectivity index is 2.21. The van der Waals surface area contributed by atoms with Crippen molar-refractivity contribution in [2.75, 3.05) is 33.5 Å². The Morgan fingerprint density at radius 1 is 1.21 bits per heavy atom. The van der Waals surface area contributed by atoms with Crippen LogP contribution in [0.5, 0.6) is 0 Å². The fourth-order valence-corrected chi connectivity index (χ4v) is 1.86. The molecule has 19 heavy (non-hydrogen) atoms. The van der Waals surface area contributed by atoms with E-state index in [0.717, 1.165) is 6.42 Å². The second kappa shape index (κ2) is 9.36. The summed E-state index contributed by atoms with van der Waals surface area (Å²) in [7, 11) is 1.62. The van der Waals surface area contributed by atoms with E-state index in [4.69, 9.17) is 9.47 Å². The lowest BCUT2D eigenvalue weighted by molar-refractivity contribution is 0.0694. The predicted octanol–water partition coefficient (Wildman–Crippen LogP) is 2.87. The molecule has 0 aromatic heterocycles. The van der Waals surface area contributed by atoms with Gasteiger partial charge in [0.2, 0.25) is 0 Å². The van der Waals surface area contributed by atoms with Gasteiger partial charge >= 0.3 is 0 Å². The smallest absolute Gasteiger partial charge is 0.144 e. The molecule has 0 spiro atoms. The molecule has 0 aliphatic carbocycles. The van der Waals surface area contributed by atoms with Gasteiger partial charge in [0.25, 0.3) is 0 Å². The third kappa shape index (κ3) is 5.95. The van der Waals surface area contributed by atoms with Crippen molar-refractivity contribution in [3.05, 3.63) is 33.8 Å². The lowest BCUT2D eigenvalue weighted by Gasteiger charge is -2.08. The second-order valence-corrected chi connectivity index (χ2v) is 4.81. The van der Waals surface area contributed by atoms with E-state index in [-0.39, 0.29) is 16.6 Å². The van der Waals surface area contributed by atoms with Crippen LogP contribution in [0.1, 0.15) is 12.0 Å². The molecule has 1 aromatic rings. The van der Waals surface area contributed by atoms with Gasteiger partial charge < -0.3 is 14.8 Å². The summed E-state index contributed by atoms with van der Waals surface area (Å²) >= 11 is 3.04. The minimum Gasteiger partial charge on any atom is -0.382 e. The summed E-state index contributed by atoms with van der Waals surface area (Å²) in [5.74, 6) is -1.09. The van der Waals surface area contributed by atoms with Gasteiger partial charge in [-0.3, -0.25) is 0 Å². The molecule has 6 heteroatoms. The van der Waals surface area contributed by atoms with Gasteiger partial charge in [-0.2, -0.15) is 0 Å². The number of ether oxygens (including phenoxy) is 2. The molecule has 1 N–H and O–H groups in total. The molecule has 0 aliphatic heterocycles. The molecule has 0 amide bonds. The number of hydrogen-bond acceptors (Lipinski definition) is 3. The van der Waals surface area contributed by atoms with Gasteiger partial charge in [0.1, 0.15) is 11.6 Å². The zero-order valence-electron chi connectivity index (χ0n) is 10.8. The van der Waals surface area contributed by atoms with Gasteiger partial charge in [-0.1, -0.05) is 0 Å². The van der Waals surface area contributed by atoms with E-state index in [2.05, 4.69) is 21.2 Å². The van der Waals surface area contributed by atoms with E-state index in [1.807, 2.05) is 0 Å². The van der Waals surface area contributed by atoms with Gasteiger partial charge in [-0.25, -0.2) is 8.78 Å². The van der Waals surface area contributed by atoms with Crippen molar-refractivity contribution in [3.8, 4) is 0 Å². The van der Waals surface area contributed by atoms with Crippen LogP contribution in [0.3, 0.4) is 0 Å². The first-order valence-electron chi connectivity index (χ1n) is 6.06. The zero-order chi connectivity index (χ0) is 14.1. The molecule has 1 aromatic carbocycles. The third-order valence-electron chi connectivity index (χ3n) is 2.51. The van der Waals surface area contributed by atoms with Crippen molar-refractivity contribution in [2.24, 2.45) is 0 Å². The molecule has 0 atom stereocenters. The monoisotopic (exact) mass is 337 g/mol. The van der Waals surface area contributed by atoms with Crippen LogP contribution in [-0.2, 0) is 16.0 Å². The highest BCUT2D eigenvalue weighted by molar-refractivity contribution is 9.10. The Hall–Kier alpha value is -0.560. The van der Waals surface area contributed by atoms with Crippen LogP contribution in [-0.4, -0.2) is 33.5 Å². The largest absolute Gasteiger partial charge is 0.382 e. The topological polar surface area (TPSA) is 30.5 Å². The fraction of sp³-hybridized carbons (Fsp3) is 0.538. The fourth-order valence-electron chi connectivity index (χ4n) is 1.49. The van der Waals surface area contributed by atoms with Crippen LogP contribution in [0.4, 0.5) is 8.78 Å². The van der Waals surface area contributed by atoms with Crippen LogP contribution in [0, 0.1) is 11.6 Å². The van der Waals surface area contributed by atoms with Crippen LogP contribution < -0.4 is 5.32 Å². The summed E-state index contributed by atoms with van der Waals surface area (Å²) in [6, 6.07) is 2.61. The number of benzene rings is 1. The highest BCUT2D eigenvalue weighted by Crippen LogP contribution is 2.21. The van der Waals surface area contributed by atoms with Crippen molar-refractivity contribution < 1.29 is 18.3 Å². The van der Waals surface area contributed by atoms with Gasteiger partial charge in [0, 0.05) is 25.8 Å². The Labute approximate surface area is 120 Å². The van der Waals surface area contributed by atoms with Crippen molar-refractivity contribution >= 4 is 15.9 Å². The molecule has 1 rings (SSSR count). The number of hydrogen-bond donors (Lipinski definition) is 1. The summed E-state index contributed by atoms with van der Waals surface area (Å²) in [5, 5.41) is 2.99. The van der Waals surface area contributed by atoms with Crippen molar-refractivity contribution in [1.82, 2.24) is 5.32 Å². The van der Waals surface area contributed by atoms with Gasteiger partial charge in [0.15, 0.2) is 0 Å².